The largest absolute Gasteiger partial charge is 0.493 e. The topological polar surface area (TPSA) is 141 Å². The zero-order chi connectivity index (χ0) is 33.9. The molecule has 0 saturated carbocycles. The number of aryl methyl sites for hydroxylation is 1. The second kappa shape index (κ2) is 13.9. The molecule has 2 aliphatic rings. The Balaban J connectivity index is 1.23. The lowest BCUT2D eigenvalue weighted by atomic mass is 10.0. The van der Waals surface area contributed by atoms with Gasteiger partial charge in [0.25, 0.3) is 11.8 Å². The zero-order valence-electron chi connectivity index (χ0n) is 27.8. The highest BCUT2D eigenvalue weighted by atomic mass is 16.5. The summed E-state index contributed by atoms with van der Waals surface area (Å²) in [5, 5.41) is 11.3. The van der Waals surface area contributed by atoms with Gasteiger partial charge in [-0.1, -0.05) is 31.1 Å². The molecule has 4 heterocycles. The van der Waals surface area contributed by atoms with Crippen LogP contribution in [-0.2, 0) is 23.2 Å². The molecule has 252 valence electrons. The van der Waals surface area contributed by atoms with Crippen LogP contribution in [0.3, 0.4) is 0 Å². The molecule has 6 rings (SSSR count). The predicted octanol–water partition coefficient (Wildman–Crippen LogP) is 4.21. The number of rotatable bonds is 5. The van der Waals surface area contributed by atoms with Crippen molar-refractivity contribution in [3.63, 3.8) is 0 Å². The molecule has 2 aromatic carbocycles. The fraction of sp³-hybridized carbons (Fsp3) is 0.400. The molecule has 3 amide bonds. The molecule has 13 heteroatoms. The fourth-order valence-corrected chi connectivity index (χ4v) is 5.74. The van der Waals surface area contributed by atoms with Gasteiger partial charge in [0.05, 0.1) is 43.7 Å². The van der Waals surface area contributed by atoms with E-state index in [-0.39, 0.29) is 49.0 Å². The van der Waals surface area contributed by atoms with Crippen LogP contribution in [0.15, 0.2) is 59.3 Å². The van der Waals surface area contributed by atoms with Crippen molar-refractivity contribution in [2.45, 2.75) is 45.9 Å². The van der Waals surface area contributed by atoms with Crippen LogP contribution in [0.1, 0.15) is 52.4 Å². The molecule has 0 spiro atoms. The van der Waals surface area contributed by atoms with Crippen molar-refractivity contribution in [1.29, 1.82) is 0 Å². The third-order valence-corrected chi connectivity index (χ3v) is 8.46. The first-order chi connectivity index (χ1) is 23.0. The number of amides is 3. The predicted molar refractivity (Wildman–Crippen MR) is 175 cm³/mol. The van der Waals surface area contributed by atoms with E-state index in [4.69, 9.17) is 18.7 Å². The SMILES string of the molecule is Cc1c(-c2cc(C(=O)N3CC[C@@H]4NC(=O)CN(C)C(=O)c5cc(OCC(C)C)cc(c5)Oc5cccc(c5)CO[C@H]4C3)no2)cnn1C. The fourth-order valence-electron chi connectivity index (χ4n) is 5.74. The van der Waals surface area contributed by atoms with Crippen LogP contribution in [0.2, 0.25) is 0 Å². The molecule has 4 bridgehead atoms. The second-order valence-corrected chi connectivity index (χ2v) is 12.7. The van der Waals surface area contributed by atoms with Crippen molar-refractivity contribution in [3.05, 3.63) is 77.2 Å². The van der Waals surface area contributed by atoms with Gasteiger partial charge >= 0.3 is 0 Å². The van der Waals surface area contributed by atoms with Crippen molar-refractivity contribution in [2.24, 2.45) is 13.0 Å². The lowest BCUT2D eigenvalue weighted by molar-refractivity contribution is -0.124. The number of nitrogens with one attached hydrogen (secondary N) is 1. The third-order valence-electron chi connectivity index (χ3n) is 8.46. The smallest absolute Gasteiger partial charge is 0.276 e. The van der Waals surface area contributed by atoms with Gasteiger partial charge in [0.2, 0.25) is 5.91 Å². The molecule has 0 aliphatic carbocycles. The summed E-state index contributed by atoms with van der Waals surface area (Å²) in [6.45, 7) is 7.08. The van der Waals surface area contributed by atoms with E-state index in [1.54, 1.807) is 47.1 Å². The van der Waals surface area contributed by atoms with Gasteiger partial charge in [0.1, 0.15) is 17.2 Å². The van der Waals surface area contributed by atoms with Gasteiger partial charge in [-0.2, -0.15) is 5.10 Å². The maximum Gasteiger partial charge on any atom is 0.276 e. The molecular formula is C35H40N6O7. The van der Waals surface area contributed by atoms with E-state index in [1.807, 2.05) is 52.1 Å². The zero-order valence-corrected chi connectivity index (χ0v) is 27.8. The maximum absolute atomic E-state index is 13.6. The number of carbonyl (C=O) groups excluding carboxylic acids is 3. The number of likely N-dealkylation sites (tertiary alicyclic amines) is 1. The Morgan fingerprint density at radius 2 is 1.94 bits per heavy atom. The van der Waals surface area contributed by atoms with Crippen molar-refractivity contribution in [3.8, 4) is 28.6 Å². The van der Waals surface area contributed by atoms with E-state index in [1.165, 1.54) is 4.90 Å². The Hall–Kier alpha value is -5.17. The highest BCUT2D eigenvalue weighted by Crippen LogP contribution is 2.30. The third kappa shape index (κ3) is 7.36. The van der Waals surface area contributed by atoms with Crippen LogP contribution < -0.4 is 14.8 Å². The summed E-state index contributed by atoms with van der Waals surface area (Å²) in [7, 11) is 3.40. The van der Waals surface area contributed by atoms with Crippen LogP contribution in [0.5, 0.6) is 17.2 Å². The van der Waals surface area contributed by atoms with E-state index in [0.717, 1.165) is 16.8 Å². The second-order valence-electron chi connectivity index (χ2n) is 12.7. The first-order valence-corrected chi connectivity index (χ1v) is 16.0. The highest BCUT2D eigenvalue weighted by molar-refractivity contribution is 5.97. The Labute approximate surface area is 278 Å². The molecule has 2 atom stereocenters. The number of carbonyl (C=O) groups is 3. The van der Waals surface area contributed by atoms with Crippen LogP contribution >= 0.6 is 0 Å². The van der Waals surface area contributed by atoms with Crippen molar-refractivity contribution in [1.82, 2.24) is 30.1 Å². The van der Waals surface area contributed by atoms with E-state index < -0.39 is 12.1 Å². The minimum Gasteiger partial charge on any atom is -0.493 e. The molecule has 1 saturated heterocycles. The number of ether oxygens (including phenoxy) is 3. The summed E-state index contributed by atoms with van der Waals surface area (Å²) in [5.74, 6) is 1.24. The monoisotopic (exact) mass is 656 g/mol. The molecule has 1 N–H and O–H groups in total. The molecule has 13 nitrogen and oxygen atoms in total. The first-order valence-electron chi connectivity index (χ1n) is 16.0. The minimum atomic E-state index is -0.537. The molecule has 2 aliphatic heterocycles. The van der Waals surface area contributed by atoms with Gasteiger partial charge in [-0.15, -0.1) is 0 Å². The standard InChI is InChI=1S/C35H40N6O7/c1-21(2)19-45-26-12-24-13-27(14-26)47-25-8-6-7-23(11-25)20-46-32-17-41(10-9-29(32)37-33(42)18-39(4)34(24)43)35(44)30-15-31(48-38-30)28-16-36-40(5)22(28)3/h6-8,11-16,21,29,32H,9-10,17-20H2,1-5H3,(H,37,42)/t29-,32-/m0/s1. The van der Waals surface area contributed by atoms with Crippen molar-refractivity contribution < 1.29 is 33.1 Å². The van der Waals surface area contributed by atoms with Gasteiger partial charge in [-0.25, -0.2) is 0 Å². The highest BCUT2D eigenvalue weighted by Gasteiger charge is 2.35. The summed E-state index contributed by atoms with van der Waals surface area (Å²) in [6, 6.07) is 13.7. The number of hydrogen-bond donors (Lipinski definition) is 1. The summed E-state index contributed by atoms with van der Waals surface area (Å²) in [6.07, 6.45) is 1.57. The summed E-state index contributed by atoms with van der Waals surface area (Å²) in [5.41, 5.74) is 3.00. The van der Waals surface area contributed by atoms with E-state index in [0.29, 0.717) is 48.1 Å². The van der Waals surface area contributed by atoms with Crippen LogP contribution in [0.4, 0.5) is 0 Å². The van der Waals surface area contributed by atoms with Crippen molar-refractivity contribution >= 4 is 17.7 Å². The Morgan fingerprint density at radius 3 is 2.71 bits per heavy atom. The number of fused-ring (bicyclic) bond motifs is 5. The van der Waals surface area contributed by atoms with Gasteiger partial charge in [0, 0.05) is 50.6 Å². The minimum absolute atomic E-state index is 0.174. The molecule has 4 aromatic rings. The Kier molecular flexibility index (Phi) is 9.49. The van der Waals surface area contributed by atoms with Crippen LogP contribution in [0, 0.1) is 12.8 Å². The van der Waals surface area contributed by atoms with Crippen LogP contribution in [-0.4, -0.2) is 87.9 Å². The molecular weight excluding hydrogens is 616 g/mol. The number of nitrogens with zero attached hydrogens (tertiary/aromatic N) is 5. The Morgan fingerprint density at radius 1 is 1.10 bits per heavy atom. The summed E-state index contributed by atoms with van der Waals surface area (Å²) in [4.78, 5) is 43.4. The molecule has 2 aromatic heterocycles. The number of piperidine rings is 1. The number of aromatic nitrogens is 3. The number of benzene rings is 2. The van der Waals surface area contributed by atoms with Crippen LogP contribution in [0.25, 0.3) is 11.3 Å². The van der Waals surface area contributed by atoms with Gasteiger partial charge < -0.3 is 33.9 Å². The Bertz CT molecular complexity index is 1810. The summed E-state index contributed by atoms with van der Waals surface area (Å²) < 4.78 is 25.8. The average Bonchev–Trinajstić information content (AvgIpc) is 3.68. The first kappa shape index (κ1) is 32.8. The van der Waals surface area contributed by atoms with E-state index in [9.17, 15) is 14.4 Å². The van der Waals surface area contributed by atoms with Crippen molar-refractivity contribution in [2.75, 3.05) is 33.3 Å². The lowest BCUT2D eigenvalue weighted by Crippen LogP contribution is -2.57. The van der Waals surface area contributed by atoms with Gasteiger partial charge in [-0.3, -0.25) is 19.1 Å². The average molecular weight is 657 g/mol. The normalized spacial score (nSPS) is 18.7. The number of likely N-dealkylation sites (N-methyl/N-ethyl adjacent to an activating group) is 1. The van der Waals surface area contributed by atoms with Gasteiger partial charge in [-0.05, 0) is 49.1 Å². The molecule has 1 fully saturated rings. The summed E-state index contributed by atoms with van der Waals surface area (Å²) >= 11 is 0. The lowest BCUT2D eigenvalue weighted by Gasteiger charge is -2.38. The molecule has 0 radical (unpaired) electrons. The number of hydrogen-bond acceptors (Lipinski definition) is 9. The van der Waals surface area contributed by atoms with Gasteiger partial charge in [0.15, 0.2) is 11.5 Å². The maximum atomic E-state index is 13.6. The molecule has 48 heavy (non-hydrogen) atoms. The molecule has 0 unspecified atom stereocenters. The quantitative estimate of drug-likeness (QED) is 0.334. The van der Waals surface area contributed by atoms with E-state index in [2.05, 4.69) is 15.6 Å². The van der Waals surface area contributed by atoms with E-state index >= 15 is 0 Å².